The van der Waals surface area contributed by atoms with Gasteiger partial charge in [0.2, 0.25) is 0 Å². The molecule has 3 aromatic carbocycles. The van der Waals surface area contributed by atoms with Crippen LogP contribution in [0.4, 0.5) is 13.2 Å². The average molecular weight is 502 g/mol. The van der Waals surface area contributed by atoms with Gasteiger partial charge in [0.25, 0.3) is 5.91 Å². The predicted molar refractivity (Wildman–Crippen MR) is 125 cm³/mol. The van der Waals surface area contributed by atoms with Crippen molar-refractivity contribution in [1.82, 2.24) is 5.01 Å². The second kappa shape index (κ2) is 8.56. The minimum atomic E-state index is -4.44. The van der Waals surface area contributed by atoms with Crippen molar-refractivity contribution in [1.29, 1.82) is 0 Å². The van der Waals surface area contributed by atoms with Gasteiger partial charge in [-0.1, -0.05) is 71.7 Å². The summed E-state index contributed by atoms with van der Waals surface area (Å²) in [5.74, 6) is -0.781. The van der Waals surface area contributed by atoms with Crippen molar-refractivity contribution in [2.24, 2.45) is 10.1 Å². The smallest absolute Gasteiger partial charge is 0.272 e. The molecule has 0 N–H and O–H groups in total. The maximum absolute atomic E-state index is 13.1. The van der Waals surface area contributed by atoms with E-state index >= 15 is 0 Å². The van der Waals surface area contributed by atoms with Crippen molar-refractivity contribution in [3.8, 4) is 0 Å². The number of rotatable bonds is 3. The topological polar surface area (TPSA) is 45.0 Å². The second-order valence-electron chi connectivity index (χ2n) is 7.97. The molecule has 0 saturated heterocycles. The van der Waals surface area contributed by atoms with Gasteiger partial charge in [-0.25, -0.2) is 5.01 Å². The predicted octanol–water partition coefficient (Wildman–Crippen LogP) is 6.56. The van der Waals surface area contributed by atoms with Crippen molar-refractivity contribution in [2.75, 3.05) is 0 Å². The number of hydrazone groups is 1. The van der Waals surface area contributed by atoms with E-state index in [1.54, 1.807) is 18.2 Å². The summed E-state index contributed by atoms with van der Waals surface area (Å²) in [5.41, 5.74) is 2.23. The zero-order valence-electron chi connectivity index (χ0n) is 17.4. The van der Waals surface area contributed by atoms with Crippen LogP contribution in [0.15, 0.2) is 82.9 Å². The molecule has 0 spiro atoms. The summed E-state index contributed by atoms with van der Waals surface area (Å²) in [6.45, 7) is 0. The number of fused-ring (bicyclic) bond motifs is 1. The molecule has 2 atom stereocenters. The van der Waals surface area contributed by atoms with Crippen LogP contribution in [0.1, 0.15) is 34.6 Å². The fraction of sp³-hybridized carbons (Fsp3) is 0.160. The summed E-state index contributed by atoms with van der Waals surface area (Å²) in [7, 11) is 0. The SMILES string of the molecule is O=C1CC(c2ccc(C(F)(F)F)cc2)=NC2C(c3ccc(Cl)cc3Cl)C(c3ccccc3)=NN12. The van der Waals surface area contributed by atoms with E-state index in [4.69, 9.17) is 28.2 Å². The first-order valence-corrected chi connectivity index (χ1v) is 11.1. The molecule has 172 valence electrons. The molecule has 2 heterocycles. The Labute approximate surface area is 203 Å². The molecule has 0 fully saturated rings. The lowest BCUT2D eigenvalue weighted by molar-refractivity contribution is -0.137. The second-order valence-corrected chi connectivity index (χ2v) is 8.82. The van der Waals surface area contributed by atoms with Gasteiger partial charge in [0.15, 0.2) is 6.17 Å². The maximum Gasteiger partial charge on any atom is 0.416 e. The van der Waals surface area contributed by atoms with Crippen molar-refractivity contribution < 1.29 is 18.0 Å². The normalized spacial score (nSPS) is 20.1. The molecule has 9 heteroatoms. The van der Waals surface area contributed by atoms with Crippen LogP contribution in [-0.4, -0.2) is 28.5 Å². The third-order valence-electron chi connectivity index (χ3n) is 5.83. The Kier molecular flexibility index (Phi) is 5.70. The highest BCUT2D eigenvalue weighted by Crippen LogP contribution is 2.41. The van der Waals surface area contributed by atoms with Gasteiger partial charge in [-0.2, -0.15) is 18.3 Å². The van der Waals surface area contributed by atoms with Crippen LogP contribution in [0.2, 0.25) is 10.0 Å². The summed E-state index contributed by atoms with van der Waals surface area (Å²) < 4.78 is 38.9. The molecule has 2 aliphatic rings. The van der Waals surface area contributed by atoms with Gasteiger partial charge in [0.05, 0.1) is 29.3 Å². The number of aliphatic imine (C=N–C) groups is 1. The van der Waals surface area contributed by atoms with E-state index in [-0.39, 0.29) is 12.3 Å². The van der Waals surface area contributed by atoms with Crippen molar-refractivity contribution >= 4 is 40.5 Å². The first-order chi connectivity index (χ1) is 16.2. The Morgan fingerprint density at radius 3 is 2.26 bits per heavy atom. The molecule has 0 aliphatic carbocycles. The third-order valence-corrected chi connectivity index (χ3v) is 6.40. The van der Waals surface area contributed by atoms with E-state index in [2.05, 4.69) is 5.10 Å². The van der Waals surface area contributed by atoms with Gasteiger partial charge < -0.3 is 0 Å². The molecule has 1 amide bonds. The minimum Gasteiger partial charge on any atom is -0.272 e. The fourth-order valence-corrected chi connectivity index (χ4v) is 4.74. The van der Waals surface area contributed by atoms with Crippen LogP contribution < -0.4 is 0 Å². The summed E-state index contributed by atoms with van der Waals surface area (Å²) in [6, 6.07) is 19.2. The standard InChI is InChI=1S/C25H16Cl2F3N3O/c26-17-10-11-18(19(27)12-17)22-23(15-4-2-1-3-5-15)32-33-21(34)13-20(31-24(22)33)14-6-8-16(9-7-14)25(28,29)30/h1-12,22,24H,13H2. The van der Waals surface area contributed by atoms with Crippen molar-refractivity contribution in [2.45, 2.75) is 24.7 Å². The van der Waals surface area contributed by atoms with Gasteiger partial charge in [-0.3, -0.25) is 9.79 Å². The minimum absolute atomic E-state index is 0.0749. The zero-order valence-corrected chi connectivity index (χ0v) is 18.9. The third kappa shape index (κ3) is 4.10. The number of alkyl halides is 3. The quantitative estimate of drug-likeness (QED) is 0.400. The number of halogens is 5. The van der Waals surface area contributed by atoms with E-state index in [1.165, 1.54) is 17.1 Å². The molecule has 0 saturated carbocycles. The van der Waals surface area contributed by atoms with E-state index in [0.717, 1.165) is 17.7 Å². The molecular formula is C25H16Cl2F3N3O. The summed E-state index contributed by atoms with van der Waals surface area (Å²) in [4.78, 5) is 17.9. The summed E-state index contributed by atoms with van der Waals surface area (Å²) in [6.07, 6.45) is -5.25. The van der Waals surface area contributed by atoms with E-state index < -0.39 is 23.8 Å². The van der Waals surface area contributed by atoms with Gasteiger partial charge >= 0.3 is 6.18 Å². The van der Waals surface area contributed by atoms with Crippen molar-refractivity contribution in [3.05, 3.63) is 105 Å². The Balaban J connectivity index is 1.60. The van der Waals surface area contributed by atoms with E-state index in [0.29, 0.717) is 32.6 Å². The molecule has 2 unspecified atom stereocenters. The number of hydrogen-bond acceptors (Lipinski definition) is 3. The fourth-order valence-electron chi connectivity index (χ4n) is 4.22. The van der Waals surface area contributed by atoms with Crippen LogP contribution in [0.25, 0.3) is 0 Å². The lowest BCUT2D eigenvalue weighted by Crippen LogP contribution is -2.41. The largest absolute Gasteiger partial charge is 0.416 e. The van der Waals surface area contributed by atoms with Crippen LogP contribution in [0, 0.1) is 0 Å². The van der Waals surface area contributed by atoms with Gasteiger partial charge in [0, 0.05) is 10.0 Å². The lowest BCUT2D eigenvalue weighted by atomic mass is 9.87. The summed E-state index contributed by atoms with van der Waals surface area (Å²) in [5, 5.41) is 6.83. The van der Waals surface area contributed by atoms with Crippen molar-refractivity contribution in [3.63, 3.8) is 0 Å². The van der Waals surface area contributed by atoms with Crippen LogP contribution in [-0.2, 0) is 11.0 Å². The Hall–Kier alpha value is -3.16. The van der Waals surface area contributed by atoms with Crippen LogP contribution in [0.3, 0.4) is 0 Å². The molecule has 3 aromatic rings. The van der Waals surface area contributed by atoms with E-state index in [9.17, 15) is 18.0 Å². The number of carbonyl (C=O) groups excluding carboxylic acids is 1. The summed E-state index contributed by atoms with van der Waals surface area (Å²) >= 11 is 12.6. The number of nitrogens with zero attached hydrogens (tertiary/aromatic N) is 3. The molecule has 5 rings (SSSR count). The van der Waals surface area contributed by atoms with Crippen LogP contribution in [0.5, 0.6) is 0 Å². The Morgan fingerprint density at radius 2 is 1.62 bits per heavy atom. The first kappa shape index (κ1) is 22.6. The molecule has 2 aliphatic heterocycles. The highest BCUT2D eigenvalue weighted by atomic mass is 35.5. The average Bonchev–Trinajstić information content (AvgIpc) is 3.19. The maximum atomic E-state index is 13.1. The number of hydrogen-bond donors (Lipinski definition) is 0. The van der Waals surface area contributed by atoms with Gasteiger partial charge in [-0.05, 0) is 41.0 Å². The highest BCUT2D eigenvalue weighted by Gasteiger charge is 2.45. The molecule has 4 nitrogen and oxygen atoms in total. The first-order valence-electron chi connectivity index (χ1n) is 10.4. The zero-order chi connectivity index (χ0) is 24.0. The number of carbonyl (C=O) groups is 1. The highest BCUT2D eigenvalue weighted by molar-refractivity contribution is 6.35. The molecule has 0 bridgehead atoms. The molecule has 0 aromatic heterocycles. The number of amides is 1. The molecule has 0 radical (unpaired) electrons. The lowest BCUT2D eigenvalue weighted by Gasteiger charge is -2.29. The molecular weight excluding hydrogens is 486 g/mol. The Morgan fingerprint density at radius 1 is 0.912 bits per heavy atom. The van der Waals surface area contributed by atoms with E-state index in [1.807, 2.05) is 30.3 Å². The number of benzene rings is 3. The molecule has 34 heavy (non-hydrogen) atoms. The monoisotopic (exact) mass is 501 g/mol. The Bertz CT molecular complexity index is 1320. The van der Waals surface area contributed by atoms with Gasteiger partial charge in [-0.15, -0.1) is 0 Å². The van der Waals surface area contributed by atoms with Gasteiger partial charge in [0.1, 0.15) is 0 Å². The van der Waals surface area contributed by atoms with Crippen LogP contribution >= 0.6 is 23.2 Å².